The summed E-state index contributed by atoms with van der Waals surface area (Å²) >= 11 is 0. The van der Waals surface area contributed by atoms with Gasteiger partial charge < -0.3 is 11.1 Å². The number of nitrogens with two attached hydrogens (primary N) is 1. The standard InChI is InChI=1S/C12H18N6/c1-8-4-11(18-12(17-8)15-7-16-18)14-6-9-2-3-10(13)5-9/h4,7,9-10,14H,2-3,5-6,13H2,1H3. The van der Waals surface area contributed by atoms with Gasteiger partial charge in [-0.1, -0.05) is 0 Å². The van der Waals surface area contributed by atoms with Crippen LogP contribution in [-0.4, -0.2) is 32.2 Å². The predicted octanol–water partition coefficient (Wildman–Crippen LogP) is 0.972. The molecule has 18 heavy (non-hydrogen) atoms. The van der Waals surface area contributed by atoms with Gasteiger partial charge in [-0.2, -0.15) is 14.6 Å². The van der Waals surface area contributed by atoms with Crippen LogP contribution in [0.2, 0.25) is 0 Å². The number of hydrogen-bond donors (Lipinski definition) is 2. The zero-order chi connectivity index (χ0) is 12.5. The van der Waals surface area contributed by atoms with Crippen molar-refractivity contribution in [3.05, 3.63) is 18.1 Å². The monoisotopic (exact) mass is 246 g/mol. The summed E-state index contributed by atoms with van der Waals surface area (Å²) in [7, 11) is 0. The lowest BCUT2D eigenvalue weighted by atomic mass is 10.1. The molecule has 3 N–H and O–H groups in total. The Morgan fingerprint density at radius 2 is 2.39 bits per heavy atom. The fourth-order valence-corrected chi connectivity index (χ4v) is 2.60. The van der Waals surface area contributed by atoms with Gasteiger partial charge >= 0.3 is 0 Å². The SMILES string of the molecule is Cc1cc(NCC2CCC(N)C2)n2ncnc2n1. The minimum absolute atomic E-state index is 0.377. The van der Waals surface area contributed by atoms with Crippen LogP contribution in [0, 0.1) is 12.8 Å². The van der Waals surface area contributed by atoms with Gasteiger partial charge in [-0.25, -0.2) is 4.98 Å². The molecule has 0 radical (unpaired) electrons. The quantitative estimate of drug-likeness (QED) is 0.843. The zero-order valence-electron chi connectivity index (χ0n) is 10.5. The predicted molar refractivity (Wildman–Crippen MR) is 69.3 cm³/mol. The molecule has 3 rings (SSSR count). The molecule has 2 aromatic rings. The maximum Gasteiger partial charge on any atom is 0.254 e. The molecule has 1 aliphatic rings. The van der Waals surface area contributed by atoms with Crippen molar-refractivity contribution >= 4 is 11.6 Å². The molecule has 0 saturated heterocycles. The normalized spacial score (nSPS) is 23.7. The largest absolute Gasteiger partial charge is 0.370 e. The van der Waals surface area contributed by atoms with Gasteiger partial charge in [-0.3, -0.25) is 0 Å². The Bertz CT molecular complexity index is 548. The van der Waals surface area contributed by atoms with Crippen LogP contribution in [-0.2, 0) is 0 Å². The third kappa shape index (κ3) is 2.15. The van der Waals surface area contributed by atoms with Crippen LogP contribution < -0.4 is 11.1 Å². The molecule has 0 aliphatic heterocycles. The number of nitrogens with one attached hydrogen (secondary N) is 1. The fraction of sp³-hybridized carbons (Fsp3) is 0.583. The van der Waals surface area contributed by atoms with Crippen LogP contribution in [0.5, 0.6) is 0 Å². The van der Waals surface area contributed by atoms with E-state index in [1.54, 1.807) is 4.52 Å². The molecule has 1 aliphatic carbocycles. The Hall–Kier alpha value is -1.69. The Kier molecular flexibility index (Phi) is 2.87. The molecule has 0 amide bonds. The Balaban J connectivity index is 1.75. The first-order valence-electron chi connectivity index (χ1n) is 6.39. The lowest BCUT2D eigenvalue weighted by Gasteiger charge is -2.13. The molecule has 2 atom stereocenters. The second-order valence-corrected chi connectivity index (χ2v) is 5.07. The lowest BCUT2D eigenvalue weighted by Crippen LogP contribution is -2.18. The molecule has 1 fully saturated rings. The third-order valence-corrected chi connectivity index (χ3v) is 3.53. The summed E-state index contributed by atoms with van der Waals surface area (Å²) in [5.74, 6) is 2.25. The molecular formula is C12H18N6. The first-order chi connectivity index (χ1) is 8.72. The number of fused-ring (bicyclic) bond motifs is 1. The number of rotatable bonds is 3. The van der Waals surface area contributed by atoms with Gasteiger partial charge in [0.05, 0.1) is 0 Å². The van der Waals surface area contributed by atoms with E-state index in [1.807, 2.05) is 13.0 Å². The minimum Gasteiger partial charge on any atom is -0.370 e. The summed E-state index contributed by atoms with van der Waals surface area (Å²) in [6, 6.07) is 2.37. The van der Waals surface area contributed by atoms with Crippen molar-refractivity contribution < 1.29 is 0 Å². The summed E-state index contributed by atoms with van der Waals surface area (Å²) in [5.41, 5.74) is 6.87. The van der Waals surface area contributed by atoms with Crippen LogP contribution in [0.15, 0.2) is 12.4 Å². The third-order valence-electron chi connectivity index (χ3n) is 3.53. The van der Waals surface area contributed by atoms with Crippen molar-refractivity contribution in [1.29, 1.82) is 0 Å². The molecule has 1 saturated carbocycles. The molecule has 0 aromatic carbocycles. The van der Waals surface area contributed by atoms with E-state index in [4.69, 9.17) is 5.73 Å². The smallest absolute Gasteiger partial charge is 0.254 e. The van der Waals surface area contributed by atoms with E-state index in [2.05, 4.69) is 20.4 Å². The average Bonchev–Trinajstić information content (AvgIpc) is 2.94. The van der Waals surface area contributed by atoms with E-state index in [9.17, 15) is 0 Å². The number of aryl methyl sites for hydroxylation is 1. The molecule has 96 valence electrons. The molecule has 0 bridgehead atoms. The summed E-state index contributed by atoms with van der Waals surface area (Å²) in [6.07, 6.45) is 4.98. The number of nitrogens with zero attached hydrogens (tertiary/aromatic N) is 4. The van der Waals surface area contributed by atoms with Crippen molar-refractivity contribution in [2.45, 2.75) is 32.2 Å². The lowest BCUT2D eigenvalue weighted by molar-refractivity contribution is 0.564. The van der Waals surface area contributed by atoms with Crippen LogP contribution in [0.3, 0.4) is 0 Å². The second kappa shape index (κ2) is 4.53. The topological polar surface area (TPSA) is 81.1 Å². The van der Waals surface area contributed by atoms with Crippen molar-refractivity contribution in [3.8, 4) is 0 Å². The number of aromatic nitrogens is 4. The first kappa shape index (κ1) is 11.4. The zero-order valence-corrected chi connectivity index (χ0v) is 10.5. The van der Waals surface area contributed by atoms with Crippen molar-refractivity contribution in [1.82, 2.24) is 19.6 Å². The molecule has 6 heteroatoms. The van der Waals surface area contributed by atoms with Crippen LogP contribution in [0.1, 0.15) is 25.0 Å². The first-order valence-corrected chi connectivity index (χ1v) is 6.39. The van der Waals surface area contributed by atoms with Gasteiger partial charge in [-0.05, 0) is 32.1 Å². The van der Waals surface area contributed by atoms with Crippen molar-refractivity contribution in [2.24, 2.45) is 11.7 Å². The average molecular weight is 246 g/mol. The van der Waals surface area contributed by atoms with Gasteiger partial charge in [0.1, 0.15) is 12.1 Å². The molecule has 6 nitrogen and oxygen atoms in total. The Morgan fingerprint density at radius 1 is 1.50 bits per heavy atom. The molecule has 2 unspecified atom stereocenters. The van der Waals surface area contributed by atoms with E-state index in [0.717, 1.165) is 30.9 Å². The maximum atomic E-state index is 5.93. The highest BCUT2D eigenvalue weighted by atomic mass is 15.3. The highest BCUT2D eigenvalue weighted by molar-refractivity contribution is 5.44. The highest BCUT2D eigenvalue weighted by Crippen LogP contribution is 2.24. The maximum absolute atomic E-state index is 5.93. The Morgan fingerprint density at radius 3 is 3.17 bits per heavy atom. The second-order valence-electron chi connectivity index (χ2n) is 5.07. The number of hydrogen-bond acceptors (Lipinski definition) is 5. The van der Waals surface area contributed by atoms with Crippen molar-refractivity contribution in [2.75, 3.05) is 11.9 Å². The summed E-state index contributed by atoms with van der Waals surface area (Å²) < 4.78 is 1.74. The van der Waals surface area contributed by atoms with E-state index in [0.29, 0.717) is 17.7 Å². The van der Waals surface area contributed by atoms with E-state index >= 15 is 0 Å². The summed E-state index contributed by atoms with van der Waals surface area (Å²) in [4.78, 5) is 8.43. The molecular weight excluding hydrogens is 228 g/mol. The van der Waals surface area contributed by atoms with Gasteiger partial charge in [0.2, 0.25) is 0 Å². The minimum atomic E-state index is 0.377. The van der Waals surface area contributed by atoms with E-state index in [1.165, 1.54) is 12.7 Å². The van der Waals surface area contributed by atoms with E-state index in [-0.39, 0.29) is 0 Å². The van der Waals surface area contributed by atoms with Gasteiger partial charge in [0.15, 0.2) is 0 Å². The summed E-state index contributed by atoms with van der Waals surface area (Å²) in [5, 5.41) is 7.62. The van der Waals surface area contributed by atoms with Crippen LogP contribution >= 0.6 is 0 Å². The molecule has 2 aromatic heterocycles. The highest BCUT2D eigenvalue weighted by Gasteiger charge is 2.21. The van der Waals surface area contributed by atoms with E-state index < -0.39 is 0 Å². The van der Waals surface area contributed by atoms with Gasteiger partial charge in [-0.15, -0.1) is 0 Å². The van der Waals surface area contributed by atoms with Crippen LogP contribution in [0.4, 0.5) is 5.82 Å². The number of anilines is 1. The van der Waals surface area contributed by atoms with Crippen LogP contribution in [0.25, 0.3) is 5.78 Å². The Labute approximate surface area is 106 Å². The fourth-order valence-electron chi connectivity index (χ4n) is 2.60. The van der Waals surface area contributed by atoms with Gasteiger partial charge in [0.25, 0.3) is 5.78 Å². The molecule has 0 spiro atoms. The molecule has 2 heterocycles. The summed E-state index contributed by atoms with van der Waals surface area (Å²) in [6.45, 7) is 2.90. The van der Waals surface area contributed by atoms with Crippen molar-refractivity contribution in [3.63, 3.8) is 0 Å². The van der Waals surface area contributed by atoms with Gasteiger partial charge in [0, 0.05) is 24.3 Å².